The Hall–Kier alpha value is -3.04. The van der Waals surface area contributed by atoms with Gasteiger partial charge in [0.15, 0.2) is 4.91 Å². The molecule has 29 heavy (non-hydrogen) atoms. The minimum Gasteiger partial charge on any atom is -0.360 e. The van der Waals surface area contributed by atoms with Crippen molar-refractivity contribution >= 4 is 38.5 Å². The number of carbonyl (C=O) groups is 1. The average molecular weight is 432 g/mol. The fourth-order valence-electron chi connectivity index (χ4n) is 2.94. The van der Waals surface area contributed by atoms with Gasteiger partial charge in [-0.1, -0.05) is 18.2 Å². The van der Waals surface area contributed by atoms with E-state index in [1.165, 1.54) is 42.5 Å². The van der Waals surface area contributed by atoms with Crippen molar-refractivity contribution in [3.8, 4) is 0 Å². The standard InChI is InChI=1S/C20H14F2N2O3S2/c21-14-6-4-13(5-7-14)12-24-17-8-9-28-20(17)19(25)18(29(24,26)27)11-23-16-3-1-2-15(22)10-16/h1-11,23H,12H2. The largest absolute Gasteiger partial charge is 0.360 e. The van der Waals surface area contributed by atoms with E-state index in [2.05, 4.69) is 5.32 Å². The van der Waals surface area contributed by atoms with Crippen molar-refractivity contribution in [2.75, 3.05) is 9.62 Å². The summed E-state index contributed by atoms with van der Waals surface area (Å²) in [5.41, 5.74) is 1.16. The van der Waals surface area contributed by atoms with Crippen molar-refractivity contribution in [1.82, 2.24) is 0 Å². The lowest BCUT2D eigenvalue weighted by atomic mass is 10.2. The maximum absolute atomic E-state index is 13.4. The van der Waals surface area contributed by atoms with E-state index in [1.54, 1.807) is 17.5 Å². The Kier molecular flexibility index (Phi) is 4.93. The zero-order valence-electron chi connectivity index (χ0n) is 14.8. The van der Waals surface area contributed by atoms with Crippen LogP contribution >= 0.6 is 11.3 Å². The molecule has 1 aliphatic rings. The quantitative estimate of drug-likeness (QED) is 0.616. The molecule has 2 aromatic carbocycles. The number of hydrogen-bond donors (Lipinski definition) is 1. The van der Waals surface area contributed by atoms with Gasteiger partial charge in [0, 0.05) is 11.9 Å². The number of halogens is 2. The summed E-state index contributed by atoms with van der Waals surface area (Å²) >= 11 is 1.13. The normalized spacial score (nSPS) is 16.7. The molecule has 0 saturated carbocycles. The number of carbonyl (C=O) groups excluding carboxylic acids is 1. The summed E-state index contributed by atoms with van der Waals surface area (Å²) < 4.78 is 54.1. The lowest BCUT2D eigenvalue weighted by molar-refractivity contribution is 0.104. The summed E-state index contributed by atoms with van der Waals surface area (Å²) in [4.78, 5) is 12.6. The Morgan fingerprint density at radius 1 is 1.03 bits per heavy atom. The minimum atomic E-state index is -4.18. The van der Waals surface area contributed by atoms with Gasteiger partial charge >= 0.3 is 0 Å². The Labute approximate surface area is 170 Å². The molecule has 0 amide bonds. The van der Waals surface area contributed by atoms with Gasteiger partial charge < -0.3 is 5.32 Å². The molecule has 2 heterocycles. The third kappa shape index (κ3) is 3.66. The van der Waals surface area contributed by atoms with E-state index in [-0.39, 0.29) is 17.1 Å². The van der Waals surface area contributed by atoms with E-state index in [1.807, 2.05) is 0 Å². The van der Waals surface area contributed by atoms with Gasteiger partial charge in [-0.15, -0.1) is 11.3 Å². The van der Waals surface area contributed by atoms with Crippen LogP contribution in [0.1, 0.15) is 15.2 Å². The number of nitrogens with zero attached hydrogens (tertiary/aromatic N) is 1. The molecule has 0 bridgehead atoms. The molecule has 4 rings (SSSR count). The second-order valence-electron chi connectivity index (χ2n) is 6.27. The van der Waals surface area contributed by atoms with Crippen LogP contribution in [-0.2, 0) is 16.6 Å². The number of ketones is 1. The van der Waals surface area contributed by atoms with Crippen LogP contribution in [0.15, 0.2) is 71.1 Å². The maximum Gasteiger partial charge on any atom is 0.270 e. The van der Waals surface area contributed by atoms with E-state index in [9.17, 15) is 22.0 Å². The summed E-state index contributed by atoms with van der Waals surface area (Å²) in [5, 5.41) is 4.32. The number of fused-ring (bicyclic) bond motifs is 1. The molecule has 0 radical (unpaired) electrons. The molecular formula is C20H14F2N2O3S2. The fraction of sp³-hybridized carbons (Fsp3) is 0.0500. The molecule has 148 valence electrons. The second kappa shape index (κ2) is 7.41. The van der Waals surface area contributed by atoms with Gasteiger partial charge in [0.2, 0.25) is 5.78 Å². The Balaban J connectivity index is 1.74. The number of allylic oxidation sites excluding steroid dienone is 1. The van der Waals surface area contributed by atoms with Crippen LogP contribution in [0.4, 0.5) is 20.2 Å². The molecule has 1 aliphatic heterocycles. The topological polar surface area (TPSA) is 66.5 Å². The summed E-state index contributed by atoms with van der Waals surface area (Å²) in [5.74, 6) is -1.56. The Morgan fingerprint density at radius 3 is 2.52 bits per heavy atom. The van der Waals surface area contributed by atoms with E-state index in [4.69, 9.17) is 0 Å². The second-order valence-corrected chi connectivity index (χ2v) is 9.01. The predicted molar refractivity (Wildman–Crippen MR) is 108 cm³/mol. The molecular weight excluding hydrogens is 418 g/mol. The van der Waals surface area contributed by atoms with Crippen molar-refractivity contribution in [1.29, 1.82) is 0 Å². The minimum absolute atomic E-state index is 0.0586. The molecule has 0 spiro atoms. The molecule has 9 heteroatoms. The van der Waals surface area contributed by atoms with E-state index >= 15 is 0 Å². The summed E-state index contributed by atoms with van der Waals surface area (Å²) in [6, 6.07) is 12.5. The number of Topliss-reactive ketones (excluding diaryl/α,β-unsaturated/α-hetero) is 1. The highest BCUT2D eigenvalue weighted by atomic mass is 32.2. The van der Waals surface area contributed by atoms with Crippen LogP contribution in [0.25, 0.3) is 0 Å². The van der Waals surface area contributed by atoms with E-state index in [0.717, 1.165) is 21.8 Å². The number of benzene rings is 2. The number of thiophene rings is 1. The highest BCUT2D eigenvalue weighted by Crippen LogP contribution is 2.39. The van der Waals surface area contributed by atoms with Crippen LogP contribution in [0.3, 0.4) is 0 Å². The Morgan fingerprint density at radius 2 is 1.79 bits per heavy atom. The van der Waals surface area contributed by atoms with Crippen LogP contribution in [0.2, 0.25) is 0 Å². The van der Waals surface area contributed by atoms with Crippen LogP contribution < -0.4 is 9.62 Å². The number of hydrogen-bond acceptors (Lipinski definition) is 5. The van der Waals surface area contributed by atoms with Crippen molar-refractivity contribution < 1.29 is 22.0 Å². The first-order chi connectivity index (χ1) is 13.9. The molecule has 5 nitrogen and oxygen atoms in total. The van der Waals surface area contributed by atoms with Crippen LogP contribution in [0.5, 0.6) is 0 Å². The highest BCUT2D eigenvalue weighted by Gasteiger charge is 2.41. The molecule has 0 atom stereocenters. The highest BCUT2D eigenvalue weighted by molar-refractivity contribution is 7.97. The van der Waals surface area contributed by atoms with Crippen molar-refractivity contribution in [2.24, 2.45) is 0 Å². The third-order valence-corrected chi connectivity index (χ3v) is 7.01. The molecule has 0 saturated heterocycles. The number of sulfonamides is 1. The zero-order valence-corrected chi connectivity index (χ0v) is 16.4. The molecule has 1 N–H and O–H groups in total. The first-order valence-corrected chi connectivity index (χ1v) is 10.8. The SMILES string of the molecule is O=C1C(=CNc2cccc(F)c2)S(=O)(=O)N(Cc2ccc(F)cc2)c2ccsc21. The summed E-state index contributed by atoms with van der Waals surface area (Å²) in [6.45, 7) is -0.0586. The van der Waals surface area contributed by atoms with Gasteiger partial charge in [-0.2, -0.15) is 0 Å². The average Bonchev–Trinajstić information content (AvgIpc) is 3.16. The van der Waals surface area contributed by atoms with Gasteiger partial charge in [0.25, 0.3) is 10.0 Å². The first kappa shape index (κ1) is 19.3. The number of rotatable bonds is 4. The molecule has 0 unspecified atom stereocenters. The van der Waals surface area contributed by atoms with Crippen LogP contribution in [0, 0.1) is 11.6 Å². The van der Waals surface area contributed by atoms with Gasteiger partial charge in [0.1, 0.15) is 16.5 Å². The monoisotopic (exact) mass is 432 g/mol. The lowest BCUT2D eigenvalue weighted by Crippen LogP contribution is -2.38. The fourth-order valence-corrected chi connectivity index (χ4v) is 5.42. The van der Waals surface area contributed by atoms with Gasteiger partial charge in [-0.25, -0.2) is 17.2 Å². The number of nitrogens with one attached hydrogen (secondary N) is 1. The van der Waals surface area contributed by atoms with Gasteiger partial charge in [0.05, 0.1) is 12.2 Å². The molecule has 3 aromatic rings. The van der Waals surface area contributed by atoms with Crippen molar-refractivity contribution in [3.05, 3.63) is 93.2 Å². The zero-order chi connectivity index (χ0) is 20.6. The summed E-state index contributed by atoms with van der Waals surface area (Å²) in [6.07, 6.45) is 1.08. The molecule has 0 aliphatic carbocycles. The van der Waals surface area contributed by atoms with Gasteiger partial charge in [-0.05, 0) is 47.3 Å². The van der Waals surface area contributed by atoms with Crippen LogP contribution in [-0.4, -0.2) is 14.2 Å². The summed E-state index contributed by atoms with van der Waals surface area (Å²) in [7, 11) is -4.18. The predicted octanol–water partition coefficient (Wildman–Crippen LogP) is 4.51. The van der Waals surface area contributed by atoms with E-state index < -0.39 is 32.3 Å². The van der Waals surface area contributed by atoms with Gasteiger partial charge in [-0.3, -0.25) is 9.10 Å². The number of anilines is 2. The first-order valence-electron chi connectivity index (χ1n) is 8.48. The van der Waals surface area contributed by atoms with Crippen molar-refractivity contribution in [2.45, 2.75) is 6.54 Å². The van der Waals surface area contributed by atoms with Crippen molar-refractivity contribution in [3.63, 3.8) is 0 Å². The third-order valence-electron chi connectivity index (χ3n) is 4.35. The lowest BCUT2D eigenvalue weighted by Gasteiger charge is -2.29. The molecule has 0 fully saturated rings. The van der Waals surface area contributed by atoms with E-state index in [0.29, 0.717) is 11.3 Å². The molecule has 1 aromatic heterocycles. The Bertz CT molecular complexity index is 1220. The smallest absolute Gasteiger partial charge is 0.270 e. The maximum atomic E-state index is 13.4.